The molecule has 0 aromatic heterocycles. The molecule has 1 aliphatic rings. The summed E-state index contributed by atoms with van der Waals surface area (Å²) in [5, 5.41) is 2.77. The molecule has 0 saturated heterocycles. The van der Waals surface area contributed by atoms with Crippen LogP contribution in [0.1, 0.15) is 20.3 Å². The molecule has 0 aromatic carbocycles. The molecule has 1 aliphatic carbocycles. The van der Waals surface area contributed by atoms with E-state index in [-0.39, 0.29) is 11.4 Å². The van der Waals surface area contributed by atoms with Crippen LogP contribution in [0, 0.1) is 5.41 Å². The van der Waals surface area contributed by atoms with Crippen molar-refractivity contribution in [2.75, 3.05) is 7.11 Å². The molecule has 1 saturated carbocycles. The van der Waals surface area contributed by atoms with Crippen LogP contribution in [-0.4, -0.2) is 19.2 Å². The Labute approximate surface area is 66.3 Å². The summed E-state index contributed by atoms with van der Waals surface area (Å²) in [7, 11) is 1.41. The molecule has 1 rings (SSSR count). The lowest BCUT2D eigenvalue weighted by atomic mass is 10.2. The molecule has 0 bridgehead atoms. The van der Waals surface area contributed by atoms with Crippen molar-refractivity contribution in [3.63, 3.8) is 0 Å². The molecule has 2 amide bonds. The summed E-state index contributed by atoms with van der Waals surface area (Å²) in [4.78, 5) is 15.3. The Morgan fingerprint density at radius 2 is 2.18 bits per heavy atom. The normalized spacial score (nSPS) is 25.9. The van der Waals surface area contributed by atoms with Crippen molar-refractivity contribution < 1.29 is 9.63 Å². The van der Waals surface area contributed by atoms with Gasteiger partial charge >= 0.3 is 6.03 Å². The highest BCUT2D eigenvalue weighted by Crippen LogP contribution is 2.44. The van der Waals surface area contributed by atoms with Crippen LogP contribution in [0.3, 0.4) is 0 Å². The third kappa shape index (κ3) is 2.08. The van der Waals surface area contributed by atoms with Gasteiger partial charge in [0.05, 0.1) is 7.11 Å². The van der Waals surface area contributed by atoms with Gasteiger partial charge in [-0.05, 0) is 11.8 Å². The van der Waals surface area contributed by atoms with Crippen LogP contribution in [0.2, 0.25) is 0 Å². The van der Waals surface area contributed by atoms with Crippen LogP contribution < -0.4 is 10.8 Å². The third-order valence-corrected chi connectivity index (χ3v) is 2.01. The van der Waals surface area contributed by atoms with Crippen molar-refractivity contribution >= 4 is 6.03 Å². The fraction of sp³-hybridized carbons (Fsp3) is 0.857. The first-order valence-corrected chi connectivity index (χ1v) is 3.66. The van der Waals surface area contributed by atoms with Gasteiger partial charge in [-0.1, -0.05) is 13.8 Å². The highest BCUT2D eigenvalue weighted by atomic mass is 16.6. The van der Waals surface area contributed by atoms with Crippen LogP contribution in [0.25, 0.3) is 0 Å². The fourth-order valence-corrected chi connectivity index (χ4v) is 0.994. The van der Waals surface area contributed by atoms with Crippen molar-refractivity contribution in [3.05, 3.63) is 0 Å². The van der Waals surface area contributed by atoms with Gasteiger partial charge in [0.1, 0.15) is 0 Å². The maximum absolute atomic E-state index is 10.8. The predicted octanol–water partition coefficient (Wildman–Crippen LogP) is 0.645. The van der Waals surface area contributed by atoms with Gasteiger partial charge in [0.15, 0.2) is 0 Å². The zero-order valence-corrected chi connectivity index (χ0v) is 7.10. The second-order valence-electron chi connectivity index (χ2n) is 3.52. The molecule has 1 unspecified atom stereocenters. The Kier molecular flexibility index (Phi) is 2.04. The maximum Gasteiger partial charge on any atom is 0.338 e. The molecule has 1 fully saturated rings. The van der Waals surface area contributed by atoms with Crippen LogP contribution in [0.15, 0.2) is 0 Å². The first-order chi connectivity index (χ1) is 5.06. The summed E-state index contributed by atoms with van der Waals surface area (Å²) in [6, 6.07) is 0.0423. The van der Waals surface area contributed by atoms with Gasteiger partial charge in [0, 0.05) is 6.04 Å². The maximum atomic E-state index is 10.8. The fourth-order valence-electron chi connectivity index (χ4n) is 0.994. The molecule has 64 valence electrons. The summed E-state index contributed by atoms with van der Waals surface area (Å²) < 4.78 is 0. The average Bonchev–Trinajstić information content (AvgIpc) is 2.39. The van der Waals surface area contributed by atoms with E-state index in [0.717, 1.165) is 6.42 Å². The SMILES string of the molecule is CONC(=O)NC1CC1(C)C. The van der Waals surface area contributed by atoms with Gasteiger partial charge in [-0.2, -0.15) is 0 Å². The van der Waals surface area contributed by atoms with E-state index in [0.29, 0.717) is 6.04 Å². The average molecular weight is 158 g/mol. The summed E-state index contributed by atoms with van der Waals surface area (Å²) in [5.74, 6) is 0. The van der Waals surface area contributed by atoms with Gasteiger partial charge in [0.2, 0.25) is 0 Å². The second-order valence-corrected chi connectivity index (χ2v) is 3.52. The quantitative estimate of drug-likeness (QED) is 0.579. The first-order valence-electron chi connectivity index (χ1n) is 3.66. The van der Waals surface area contributed by atoms with E-state index in [4.69, 9.17) is 0 Å². The molecule has 0 radical (unpaired) electrons. The van der Waals surface area contributed by atoms with Gasteiger partial charge in [0.25, 0.3) is 0 Å². The van der Waals surface area contributed by atoms with Crippen LogP contribution in [0.4, 0.5) is 4.79 Å². The lowest BCUT2D eigenvalue weighted by Crippen LogP contribution is -2.37. The first kappa shape index (κ1) is 8.33. The number of urea groups is 1. The number of nitrogens with one attached hydrogen (secondary N) is 2. The van der Waals surface area contributed by atoms with E-state index in [9.17, 15) is 4.79 Å². The van der Waals surface area contributed by atoms with Gasteiger partial charge in [-0.15, -0.1) is 0 Å². The van der Waals surface area contributed by atoms with Crippen LogP contribution >= 0.6 is 0 Å². The zero-order chi connectivity index (χ0) is 8.48. The minimum atomic E-state index is -0.261. The van der Waals surface area contributed by atoms with E-state index >= 15 is 0 Å². The van der Waals surface area contributed by atoms with Gasteiger partial charge in [-0.25, -0.2) is 10.3 Å². The number of hydroxylamine groups is 1. The highest BCUT2D eigenvalue weighted by molar-refractivity contribution is 5.73. The third-order valence-electron chi connectivity index (χ3n) is 2.01. The van der Waals surface area contributed by atoms with Crippen molar-refractivity contribution in [2.24, 2.45) is 5.41 Å². The number of hydrogen-bond acceptors (Lipinski definition) is 2. The summed E-state index contributed by atoms with van der Waals surface area (Å²) in [6.07, 6.45) is 1.05. The van der Waals surface area contributed by atoms with Crippen LogP contribution in [-0.2, 0) is 4.84 Å². The Bertz CT molecular complexity index is 168. The molecular formula is C7H14N2O2. The molecule has 2 N–H and O–H groups in total. The lowest BCUT2D eigenvalue weighted by Gasteiger charge is -2.06. The molecule has 0 aromatic rings. The summed E-state index contributed by atoms with van der Waals surface area (Å²) in [5.41, 5.74) is 2.47. The highest BCUT2D eigenvalue weighted by Gasteiger charge is 2.46. The summed E-state index contributed by atoms with van der Waals surface area (Å²) in [6.45, 7) is 4.23. The smallest absolute Gasteiger partial charge is 0.333 e. The van der Waals surface area contributed by atoms with E-state index < -0.39 is 0 Å². The molecule has 0 heterocycles. The molecule has 4 nitrogen and oxygen atoms in total. The minimum absolute atomic E-state index is 0.261. The minimum Gasteiger partial charge on any atom is -0.333 e. The Morgan fingerprint density at radius 1 is 1.64 bits per heavy atom. The number of amides is 2. The number of carbonyl (C=O) groups excluding carboxylic acids is 1. The number of carbonyl (C=O) groups is 1. The Morgan fingerprint density at radius 3 is 2.55 bits per heavy atom. The Hall–Kier alpha value is -0.770. The van der Waals surface area contributed by atoms with Gasteiger partial charge in [-0.3, -0.25) is 4.84 Å². The van der Waals surface area contributed by atoms with E-state index in [1.165, 1.54) is 7.11 Å². The van der Waals surface area contributed by atoms with Gasteiger partial charge < -0.3 is 5.32 Å². The molecule has 4 heteroatoms. The van der Waals surface area contributed by atoms with E-state index in [1.807, 2.05) is 0 Å². The molecule has 0 spiro atoms. The van der Waals surface area contributed by atoms with E-state index in [2.05, 4.69) is 29.5 Å². The summed E-state index contributed by atoms with van der Waals surface area (Å²) >= 11 is 0. The molecule has 0 aliphatic heterocycles. The second kappa shape index (κ2) is 2.70. The zero-order valence-electron chi connectivity index (χ0n) is 7.10. The molecular weight excluding hydrogens is 144 g/mol. The monoisotopic (exact) mass is 158 g/mol. The van der Waals surface area contributed by atoms with E-state index in [1.54, 1.807) is 0 Å². The number of hydrogen-bond donors (Lipinski definition) is 2. The predicted molar refractivity (Wildman–Crippen MR) is 40.9 cm³/mol. The van der Waals surface area contributed by atoms with Crippen molar-refractivity contribution in [3.8, 4) is 0 Å². The topological polar surface area (TPSA) is 50.4 Å². The van der Waals surface area contributed by atoms with Crippen molar-refractivity contribution in [1.82, 2.24) is 10.8 Å². The van der Waals surface area contributed by atoms with Crippen molar-refractivity contribution in [1.29, 1.82) is 0 Å². The molecule has 1 atom stereocenters. The van der Waals surface area contributed by atoms with Crippen LogP contribution in [0.5, 0.6) is 0 Å². The Balaban J connectivity index is 2.18. The number of rotatable bonds is 2. The standard InChI is InChI=1S/C7H14N2O2/c1-7(2)4-5(7)8-6(10)9-11-3/h5H,4H2,1-3H3,(H2,8,9,10). The van der Waals surface area contributed by atoms with Crippen molar-refractivity contribution in [2.45, 2.75) is 26.3 Å². The largest absolute Gasteiger partial charge is 0.338 e. The lowest BCUT2D eigenvalue weighted by molar-refractivity contribution is 0.107. The molecule has 11 heavy (non-hydrogen) atoms.